The molecule has 2 aromatic heterocycles. The maximum atomic E-state index is 11.9. The van der Waals surface area contributed by atoms with Gasteiger partial charge < -0.3 is 10.2 Å². The summed E-state index contributed by atoms with van der Waals surface area (Å²) in [6.07, 6.45) is 2.78. The van der Waals surface area contributed by atoms with Crippen molar-refractivity contribution in [1.29, 1.82) is 0 Å². The van der Waals surface area contributed by atoms with Crippen LogP contribution in [0, 0.1) is 13.8 Å². The molecule has 0 aliphatic carbocycles. The number of urea groups is 2. The smallest absolute Gasteiger partial charge is 0.341 e. The number of nitrogens with zero attached hydrogens (tertiary/aromatic N) is 4. The molecule has 4 amide bonds. The van der Waals surface area contributed by atoms with Crippen LogP contribution in [0.25, 0.3) is 22.5 Å². The summed E-state index contributed by atoms with van der Waals surface area (Å²) in [5.41, 5.74) is 11.3. The normalized spacial score (nSPS) is 10.5. The number of anilines is 2. The minimum Gasteiger partial charge on any atom is -0.507 e. The van der Waals surface area contributed by atoms with Gasteiger partial charge in [0, 0.05) is 49.8 Å². The molecule has 0 atom stereocenters. The SMILES string of the molecule is Cc1ccc(O)c(/C=N/NC(=O)Nc2nc(-c3ccccc3)cs2)c1.Cc1ccc(O)c(/C=N/NC(=O)Nc2nc(-c3ccccc3)cs2)c1.[Co]. The van der Waals surface area contributed by atoms with Gasteiger partial charge >= 0.3 is 12.1 Å². The first-order valence-corrected chi connectivity index (χ1v) is 16.8. The van der Waals surface area contributed by atoms with Crippen molar-refractivity contribution in [3.63, 3.8) is 0 Å². The fraction of sp³-hybridized carbons (Fsp3) is 0.0556. The molecule has 6 rings (SSSR count). The van der Waals surface area contributed by atoms with Crippen LogP contribution in [0.5, 0.6) is 11.5 Å². The Balaban J connectivity index is 0.000000224. The fourth-order valence-electron chi connectivity index (χ4n) is 4.27. The van der Waals surface area contributed by atoms with Gasteiger partial charge in [-0.05, 0) is 38.1 Å². The molecule has 6 aromatic rings. The number of hydrogen-bond donors (Lipinski definition) is 6. The Labute approximate surface area is 312 Å². The molecule has 51 heavy (non-hydrogen) atoms. The molecule has 0 fully saturated rings. The molecule has 15 heteroatoms. The Morgan fingerprint density at radius 1 is 0.627 bits per heavy atom. The Kier molecular flexibility index (Phi) is 14.0. The molecule has 0 bridgehead atoms. The minimum absolute atomic E-state index is 0. The van der Waals surface area contributed by atoms with Crippen LogP contribution >= 0.6 is 22.7 Å². The van der Waals surface area contributed by atoms with E-state index in [4.69, 9.17) is 0 Å². The van der Waals surface area contributed by atoms with E-state index in [0.29, 0.717) is 21.4 Å². The molecule has 6 N–H and O–H groups in total. The maximum absolute atomic E-state index is 11.9. The predicted octanol–water partition coefficient (Wildman–Crippen LogP) is 7.96. The van der Waals surface area contributed by atoms with Crippen LogP contribution in [0.15, 0.2) is 118 Å². The standard InChI is InChI=1S/2C18H16N4O2S.Co/c2*1-12-7-8-16(23)14(9-12)10-19-22-17(24)21-18-20-15(11-25-18)13-5-3-2-4-6-13;/h2*2-11,23H,1H3,(H2,20,21,22,24);/b2*19-10+;. The summed E-state index contributed by atoms with van der Waals surface area (Å²) in [7, 11) is 0. The van der Waals surface area contributed by atoms with E-state index in [0.717, 1.165) is 33.6 Å². The van der Waals surface area contributed by atoms with Crippen LogP contribution < -0.4 is 21.5 Å². The van der Waals surface area contributed by atoms with Crippen molar-refractivity contribution >= 4 is 57.4 Å². The Bertz CT molecular complexity index is 1970. The molecular formula is C36H32CoN8O4S2. The number of nitrogens with one attached hydrogen (secondary N) is 4. The van der Waals surface area contributed by atoms with Crippen LogP contribution in [0.3, 0.4) is 0 Å². The third-order valence-electron chi connectivity index (χ3n) is 6.69. The summed E-state index contributed by atoms with van der Waals surface area (Å²) < 4.78 is 0. The van der Waals surface area contributed by atoms with E-state index in [1.165, 1.54) is 35.1 Å². The fourth-order valence-corrected chi connectivity index (χ4v) is 5.70. The van der Waals surface area contributed by atoms with Crippen LogP contribution in [-0.2, 0) is 16.8 Å². The van der Waals surface area contributed by atoms with Gasteiger partial charge in [0.25, 0.3) is 0 Å². The number of carbonyl (C=O) groups is 2. The average molecular weight is 764 g/mol. The second-order valence-electron chi connectivity index (χ2n) is 10.6. The molecule has 1 radical (unpaired) electrons. The van der Waals surface area contributed by atoms with Gasteiger partial charge in [-0.2, -0.15) is 10.2 Å². The number of hydrazone groups is 2. The second kappa shape index (κ2) is 18.8. The van der Waals surface area contributed by atoms with E-state index in [1.54, 1.807) is 36.4 Å². The van der Waals surface area contributed by atoms with Crippen molar-refractivity contribution in [3.8, 4) is 34.0 Å². The summed E-state index contributed by atoms with van der Waals surface area (Å²) in [6.45, 7) is 3.81. The number of aromatic nitrogens is 2. The zero-order valence-corrected chi connectivity index (χ0v) is 29.9. The quantitative estimate of drug-likeness (QED) is 0.0678. The number of amides is 4. The van der Waals surface area contributed by atoms with E-state index >= 15 is 0 Å². The molecule has 12 nitrogen and oxygen atoms in total. The van der Waals surface area contributed by atoms with E-state index < -0.39 is 12.1 Å². The number of benzene rings is 4. The Morgan fingerprint density at radius 3 is 1.41 bits per heavy atom. The molecule has 261 valence electrons. The summed E-state index contributed by atoms with van der Waals surface area (Å²) in [4.78, 5) is 32.5. The van der Waals surface area contributed by atoms with Crippen molar-refractivity contribution in [2.24, 2.45) is 10.2 Å². The number of aromatic hydroxyl groups is 2. The zero-order valence-electron chi connectivity index (χ0n) is 27.2. The van der Waals surface area contributed by atoms with Crippen LogP contribution in [0.2, 0.25) is 0 Å². The van der Waals surface area contributed by atoms with Gasteiger partial charge in [-0.1, -0.05) is 83.9 Å². The zero-order chi connectivity index (χ0) is 35.3. The first-order chi connectivity index (χ1) is 24.2. The minimum atomic E-state index is -0.502. The van der Waals surface area contributed by atoms with Gasteiger partial charge in [0.1, 0.15) is 11.5 Å². The van der Waals surface area contributed by atoms with Gasteiger partial charge in [-0.15, -0.1) is 22.7 Å². The van der Waals surface area contributed by atoms with E-state index in [9.17, 15) is 19.8 Å². The summed E-state index contributed by atoms with van der Waals surface area (Å²) in [6, 6.07) is 28.7. The van der Waals surface area contributed by atoms with Gasteiger partial charge in [0.05, 0.1) is 23.8 Å². The molecule has 0 saturated carbocycles. The molecule has 4 aromatic carbocycles. The number of phenols is 2. The maximum Gasteiger partial charge on any atom is 0.341 e. The van der Waals surface area contributed by atoms with Crippen molar-refractivity contribution in [3.05, 3.63) is 130 Å². The molecule has 0 spiro atoms. The summed E-state index contributed by atoms with van der Waals surface area (Å²) >= 11 is 2.66. The van der Waals surface area contributed by atoms with Gasteiger partial charge in [0.2, 0.25) is 0 Å². The van der Waals surface area contributed by atoms with Crippen LogP contribution in [0.1, 0.15) is 22.3 Å². The number of aryl methyl sites for hydroxylation is 2. The molecule has 0 unspecified atom stereocenters. The molecule has 2 heterocycles. The van der Waals surface area contributed by atoms with Gasteiger partial charge in [-0.25, -0.2) is 30.4 Å². The first-order valence-electron chi connectivity index (χ1n) is 15.0. The predicted molar refractivity (Wildman–Crippen MR) is 200 cm³/mol. The van der Waals surface area contributed by atoms with E-state index in [2.05, 4.69) is 41.7 Å². The third-order valence-corrected chi connectivity index (χ3v) is 8.21. The van der Waals surface area contributed by atoms with E-state index in [-0.39, 0.29) is 28.3 Å². The number of thiazole rings is 2. The molecule has 0 aliphatic heterocycles. The Morgan fingerprint density at radius 2 is 1.02 bits per heavy atom. The molecule has 0 saturated heterocycles. The number of carbonyl (C=O) groups excluding carboxylic acids is 2. The van der Waals surface area contributed by atoms with Crippen molar-refractivity contribution in [2.45, 2.75) is 13.8 Å². The van der Waals surface area contributed by atoms with Gasteiger partial charge in [0.15, 0.2) is 10.3 Å². The van der Waals surface area contributed by atoms with E-state index in [1.807, 2.05) is 85.3 Å². The number of phenolic OH excluding ortho intramolecular Hbond substituents is 2. The van der Waals surface area contributed by atoms with Crippen molar-refractivity contribution < 1.29 is 36.6 Å². The van der Waals surface area contributed by atoms with Crippen molar-refractivity contribution in [1.82, 2.24) is 20.8 Å². The molecular weight excluding hydrogens is 732 g/mol. The van der Waals surface area contributed by atoms with Crippen molar-refractivity contribution in [2.75, 3.05) is 10.6 Å². The second-order valence-corrected chi connectivity index (χ2v) is 12.3. The average Bonchev–Trinajstić information content (AvgIpc) is 3.79. The summed E-state index contributed by atoms with van der Waals surface area (Å²) in [5, 5.41) is 37.1. The largest absolute Gasteiger partial charge is 0.507 e. The van der Waals surface area contributed by atoms with Gasteiger partial charge in [-0.3, -0.25) is 10.6 Å². The summed E-state index contributed by atoms with van der Waals surface area (Å²) in [5.74, 6) is 0.202. The monoisotopic (exact) mass is 763 g/mol. The number of hydrogen-bond acceptors (Lipinski definition) is 10. The van der Waals surface area contributed by atoms with Crippen LogP contribution in [-0.4, -0.2) is 44.7 Å². The number of rotatable bonds is 8. The third kappa shape index (κ3) is 11.6. The first kappa shape index (κ1) is 37.9. The molecule has 0 aliphatic rings. The Hall–Kier alpha value is -5.87. The topological polar surface area (TPSA) is 173 Å². The van der Waals surface area contributed by atoms with Crippen LogP contribution in [0.4, 0.5) is 19.9 Å².